The lowest BCUT2D eigenvalue weighted by molar-refractivity contribution is 0.300. The van der Waals surface area contributed by atoms with Gasteiger partial charge in [0.05, 0.1) is 6.61 Å². The summed E-state index contributed by atoms with van der Waals surface area (Å²) in [6.45, 7) is 8.25. The summed E-state index contributed by atoms with van der Waals surface area (Å²) in [4.78, 5) is 0. The van der Waals surface area contributed by atoms with Crippen LogP contribution in [0.2, 0.25) is 0 Å². The third-order valence-corrected chi connectivity index (χ3v) is 3.97. The van der Waals surface area contributed by atoms with Crippen molar-refractivity contribution >= 4 is 15.9 Å². The van der Waals surface area contributed by atoms with E-state index in [9.17, 15) is 0 Å². The first-order valence-electron chi connectivity index (χ1n) is 8.28. The van der Waals surface area contributed by atoms with E-state index in [1.54, 1.807) is 0 Å². The van der Waals surface area contributed by atoms with Crippen LogP contribution in [-0.4, -0.2) is 12.6 Å². The van der Waals surface area contributed by atoms with Gasteiger partial charge in [0, 0.05) is 22.6 Å². The van der Waals surface area contributed by atoms with E-state index in [0.717, 1.165) is 29.8 Å². The van der Waals surface area contributed by atoms with E-state index >= 15 is 0 Å². The molecular formula is C18H30BrNO. The van der Waals surface area contributed by atoms with E-state index in [2.05, 4.69) is 60.2 Å². The van der Waals surface area contributed by atoms with Gasteiger partial charge in [0.2, 0.25) is 0 Å². The molecule has 0 saturated carbocycles. The normalized spacial score (nSPS) is 11.1. The third kappa shape index (κ3) is 8.47. The zero-order valence-corrected chi connectivity index (χ0v) is 15.3. The maximum atomic E-state index is 5.97. The van der Waals surface area contributed by atoms with Gasteiger partial charge in [-0.2, -0.15) is 0 Å². The molecule has 0 atom stereocenters. The van der Waals surface area contributed by atoms with Crippen LogP contribution in [0.3, 0.4) is 0 Å². The Kier molecular flexibility index (Phi) is 9.77. The highest BCUT2D eigenvalue weighted by Crippen LogP contribution is 2.23. The summed E-state index contributed by atoms with van der Waals surface area (Å²) >= 11 is 3.54. The zero-order chi connectivity index (χ0) is 15.5. The Labute approximate surface area is 138 Å². The number of nitrogens with one attached hydrogen (secondary N) is 1. The molecule has 0 heterocycles. The Hall–Kier alpha value is -0.540. The van der Waals surface area contributed by atoms with Crippen molar-refractivity contribution in [2.45, 2.75) is 71.9 Å². The molecule has 0 saturated heterocycles. The van der Waals surface area contributed by atoms with Crippen molar-refractivity contribution in [3.05, 3.63) is 28.2 Å². The minimum Gasteiger partial charge on any atom is -0.493 e. The number of rotatable bonds is 11. The Morgan fingerprint density at radius 3 is 2.52 bits per heavy atom. The van der Waals surface area contributed by atoms with E-state index in [4.69, 9.17) is 4.74 Å². The number of hydrogen-bond acceptors (Lipinski definition) is 2. The molecule has 21 heavy (non-hydrogen) atoms. The highest BCUT2D eigenvalue weighted by molar-refractivity contribution is 9.10. The number of hydrogen-bond donors (Lipinski definition) is 1. The minimum atomic E-state index is 0.482. The molecule has 0 aliphatic heterocycles. The predicted molar refractivity (Wildman–Crippen MR) is 95.0 cm³/mol. The van der Waals surface area contributed by atoms with Crippen molar-refractivity contribution in [1.82, 2.24) is 5.32 Å². The summed E-state index contributed by atoms with van der Waals surface area (Å²) in [5.41, 5.74) is 1.23. The fourth-order valence-electron chi connectivity index (χ4n) is 2.21. The summed E-state index contributed by atoms with van der Waals surface area (Å²) < 4.78 is 7.08. The largest absolute Gasteiger partial charge is 0.493 e. The summed E-state index contributed by atoms with van der Waals surface area (Å²) in [6.07, 6.45) is 7.78. The molecular weight excluding hydrogens is 326 g/mol. The van der Waals surface area contributed by atoms with Crippen LogP contribution in [0.1, 0.15) is 64.9 Å². The van der Waals surface area contributed by atoms with Crippen LogP contribution in [-0.2, 0) is 6.54 Å². The van der Waals surface area contributed by atoms with Gasteiger partial charge in [-0.15, -0.1) is 0 Å². The van der Waals surface area contributed by atoms with Gasteiger partial charge in [0.15, 0.2) is 0 Å². The molecule has 1 rings (SSSR count). The highest BCUT2D eigenvalue weighted by Gasteiger charge is 2.05. The summed E-state index contributed by atoms with van der Waals surface area (Å²) in [5.74, 6) is 1.01. The Morgan fingerprint density at radius 1 is 1.10 bits per heavy atom. The Morgan fingerprint density at radius 2 is 1.81 bits per heavy atom. The molecule has 0 amide bonds. The standard InChI is InChI=1S/C18H30BrNO/c1-4-5-6-7-8-9-12-21-18-11-10-17(19)13-16(18)14-20-15(2)3/h10-11,13,15,20H,4-9,12,14H2,1-3H3. The van der Waals surface area contributed by atoms with Crippen LogP contribution in [0.4, 0.5) is 0 Å². The predicted octanol–water partition coefficient (Wildman–Crippen LogP) is 5.69. The molecule has 0 unspecified atom stereocenters. The molecule has 0 spiro atoms. The quantitative estimate of drug-likeness (QED) is 0.515. The number of ether oxygens (including phenoxy) is 1. The van der Waals surface area contributed by atoms with Crippen LogP contribution in [0, 0.1) is 0 Å². The van der Waals surface area contributed by atoms with Gasteiger partial charge in [0.1, 0.15) is 5.75 Å². The van der Waals surface area contributed by atoms with Gasteiger partial charge in [-0.25, -0.2) is 0 Å². The summed E-state index contributed by atoms with van der Waals surface area (Å²) in [6, 6.07) is 6.75. The fraction of sp³-hybridized carbons (Fsp3) is 0.667. The molecule has 0 fully saturated rings. The molecule has 1 aromatic carbocycles. The first-order valence-corrected chi connectivity index (χ1v) is 9.07. The SMILES string of the molecule is CCCCCCCCOc1ccc(Br)cc1CNC(C)C. The summed E-state index contributed by atoms with van der Waals surface area (Å²) in [7, 11) is 0. The van der Waals surface area contributed by atoms with Crippen LogP contribution in [0.15, 0.2) is 22.7 Å². The summed E-state index contributed by atoms with van der Waals surface area (Å²) in [5, 5.41) is 3.45. The van der Waals surface area contributed by atoms with E-state index in [0.29, 0.717) is 6.04 Å². The fourth-order valence-corrected chi connectivity index (χ4v) is 2.61. The molecule has 0 bridgehead atoms. The lowest BCUT2D eigenvalue weighted by atomic mass is 10.1. The average Bonchev–Trinajstić information content (AvgIpc) is 2.45. The van der Waals surface area contributed by atoms with Crippen molar-refractivity contribution in [2.75, 3.05) is 6.61 Å². The third-order valence-electron chi connectivity index (χ3n) is 3.48. The molecule has 3 heteroatoms. The zero-order valence-electron chi connectivity index (χ0n) is 13.8. The molecule has 120 valence electrons. The molecule has 1 aromatic rings. The first-order chi connectivity index (χ1) is 10.1. The van der Waals surface area contributed by atoms with Crippen molar-refractivity contribution in [2.24, 2.45) is 0 Å². The van der Waals surface area contributed by atoms with E-state index in [1.807, 2.05) is 0 Å². The van der Waals surface area contributed by atoms with Crippen LogP contribution < -0.4 is 10.1 Å². The van der Waals surface area contributed by atoms with Gasteiger partial charge in [-0.05, 0) is 24.6 Å². The molecule has 0 radical (unpaired) electrons. The van der Waals surface area contributed by atoms with Crippen molar-refractivity contribution < 1.29 is 4.74 Å². The second kappa shape index (κ2) is 11.1. The van der Waals surface area contributed by atoms with Crippen LogP contribution in [0.25, 0.3) is 0 Å². The topological polar surface area (TPSA) is 21.3 Å². The number of halogens is 1. The van der Waals surface area contributed by atoms with Gasteiger partial charge >= 0.3 is 0 Å². The Bertz CT molecular complexity index is 393. The lowest BCUT2D eigenvalue weighted by Crippen LogP contribution is -2.22. The lowest BCUT2D eigenvalue weighted by Gasteiger charge is -2.14. The van der Waals surface area contributed by atoms with Gasteiger partial charge < -0.3 is 10.1 Å². The molecule has 0 aliphatic carbocycles. The number of benzene rings is 1. The highest BCUT2D eigenvalue weighted by atomic mass is 79.9. The van der Waals surface area contributed by atoms with E-state index < -0.39 is 0 Å². The van der Waals surface area contributed by atoms with Crippen LogP contribution in [0.5, 0.6) is 5.75 Å². The first kappa shape index (κ1) is 18.5. The maximum Gasteiger partial charge on any atom is 0.123 e. The molecule has 0 aromatic heterocycles. The van der Waals surface area contributed by atoms with Crippen molar-refractivity contribution in [1.29, 1.82) is 0 Å². The second-order valence-electron chi connectivity index (χ2n) is 5.90. The van der Waals surface area contributed by atoms with E-state index in [-0.39, 0.29) is 0 Å². The van der Waals surface area contributed by atoms with Gasteiger partial charge in [-0.1, -0.05) is 68.8 Å². The average molecular weight is 356 g/mol. The van der Waals surface area contributed by atoms with Crippen molar-refractivity contribution in [3.8, 4) is 5.75 Å². The monoisotopic (exact) mass is 355 g/mol. The Balaban J connectivity index is 2.35. The van der Waals surface area contributed by atoms with Crippen molar-refractivity contribution in [3.63, 3.8) is 0 Å². The van der Waals surface area contributed by atoms with Crippen LogP contribution >= 0.6 is 15.9 Å². The maximum absolute atomic E-state index is 5.97. The molecule has 0 aliphatic rings. The molecule has 1 N–H and O–H groups in total. The van der Waals surface area contributed by atoms with E-state index in [1.165, 1.54) is 37.7 Å². The number of unbranched alkanes of at least 4 members (excludes halogenated alkanes) is 5. The van der Waals surface area contributed by atoms with Gasteiger partial charge in [0.25, 0.3) is 0 Å². The van der Waals surface area contributed by atoms with Gasteiger partial charge in [-0.3, -0.25) is 0 Å². The molecule has 2 nitrogen and oxygen atoms in total. The minimum absolute atomic E-state index is 0.482. The smallest absolute Gasteiger partial charge is 0.123 e. The second-order valence-corrected chi connectivity index (χ2v) is 6.82.